The van der Waals surface area contributed by atoms with Crippen LogP contribution in [0.4, 0.5) is 0 Å². The summed E-state index contributed by atoms with van der Waals surface area (Å²) in [6.45, 7) is 7.13. The van der Waals surface area contributed by atoms with Gasteiger partial charge in [0.2, 0.25) is 0 Å². The Hall–Kier alpha value is -0.470. The average Bonchev–Trinajstić information content (AvgIpc) is 2.07. The van der Waals surface area contributed by atoms with Crippen LogP contribution in [0.2, 0.25) is 0 Å². The summed E-state index contributed by atoms with van der Waals surface area (Å²) in [5, 5.41) is 0.619. The molecule has 0 fully saturated rings. The van der Waals surface area contributed by atoms with Crippen molar-refractivity contribution in [3.05, 3.63) is 29.3 Å². The molecule has 1 aromatic carbocycles. The van der Waals surface area contributed by atoms with Gasteiger partial charge in [-0.25, -0.2) is 0 Å². The predicted molar refractivity (Wildman–Crippen MR) is 60.1 cm³/mol. The summed E-state index contributed by atoms with van der Waals surface area (Å²) >= 11 is 1.88. The van der Waals surface area contributed by atoms with Crippen LogP contribution in [0.5, 0.6) is 0 Å². The van der Waals surface area contributed by atoms with Gasteiger partial charge in [-0.3, -0.25) is 0 Å². The van der Waals surface area contributed by atoms with Crippen LogP contribution in [0.25, 0.3) is 0 Å². The highest BCUT2D eigenvalue weighted by Crippen LogP contribution is 2.26. The monoisotopic (exact) mass is 195 g/mol. The molecule has 1 aromatic rings. The van der Waals surface area contributed by atoms with E-state index in [9.17, 15) is 0 Å². The first-order valence-corrected chi connectivity index (χ1v) is 5.47. The summed E-state index contributed by atoms with van der Waals surface area (Å²) in [6, 6.07) is 6.48. The number of thioether (sulfide) groups is 1. The molecule has 0 aromatic heterocycles. The Labute approximate surface area is 84.7 Å². The lowest BCUT2D eigenvalue weighted by Crippen LogP contribution is -2.00. The molecule has 0 atom stereocenters. The molecule has 0 radical (unpaired) electrons. The van der Waals surface area contributed by atoms with Crippen LogP contribution in [0, 0.1) is 6.92 Å². The Morgan fingerprint density at radius 2 is 2.08 bits per heavy atom. The molecule has 2 N–H and O–H groups in total. The maximum atomic E-state index is 5.68. The molecule has 0 saturated carbocycles. The van der Waals surface area contributed by atoms with Crippen LogP contribution in [0.3, 0.4) is 0 Å². The third-order valence-electron chi connectivity index (χ3n) is 1.80. The van der Waals surface area contributed by atoms with Crippen LogP contribution in [-0.2, 0) is 6.54 Å². The van der Waals surface area contributed by atoms with Crippen molar-refractivity contribution in [1.82, 2.24) is 0 Å². The molecule has 0 amide bonds. The normalized spacial score (nSPS) is 10.8. The maximum Gasteiger partial charge on any atom is 0.0189 e. The summed E-state index contributed by atoms with van der Waals surface area (Å²) in [5.41, 5.74) is 8.23. The molecule has 2 heteroatoms. The molecule has 0 unspecified atom stereocenters. The molecule has 1 rings (SSSR count). The van der Waals surface area contributed by atoms with Gasteiger partial charge in [0.15, 0.2) is 0 Å². The molecule has 0 spiro atoms. The van der Waals surface area contributed by atoms with Crippen molar-refractivity contribution in [2.75, 3.05) is 0 Å². The van der Waals surface area contributed by atoms with Crippen LogP contribution in [0.15, 0.2) is 23.1 Å². The second-order valence-electron chi connectivity index (χ2n) is 3.48. The largest absolute Gasteiger partial charge is 0.326 e. The van der Waals surface area contributed by atoms with Gasteiger partial charge in [-0.1, -0.05) is 31.5 Å². The van der Waals surface area contributed by atoms with Gasteiger partial charge in [0.25, 0.3) is 0 Å². The minimum absolute atomic E-state index is 0.619. The molecule has 13 heavy (non-hydrogen) atoms. The predicted octanol–water partition coefficient (Wildman–Crippen LogP) is 2.95. The van der Waals surface area contributed by atoms with Crippen LogP contribution in [-0.4, -0.2) is 5.25 Å². The van der Waals surface area contributed by atoms with E-state index in [0.717, 1.165) is 0 Å². The van der Waals surface area contributed by atoms with Crippen molar-refractivity contribution in [2.45, 2.75) is 37.5 Å². The van der Waals surface area contributed by atoms with Crippen molar-refractivity contribution in [3.8, 4) is 0 Å². The molecule has 0 aliphatic carbocycles. The third-order valence-corrected chi connectivity index (χ3v) is 2.92. The minimum Gasteiger partial charge on any atom is -0.326 e. The first-order chi connectivity index (χ1) is 6.13. The smallest absolute Gasteiger partial charge is 0.0189 e. The van der Waals surface area contributed by atoms with E-state index in [0.29, 0.717) is 11.8 Å². The van der Waals surface area contributed by atoms with Gasteiger partial charge in [-0.2, -0.15) is 0 Å². The van der Waals surface area contributed by atoms with E-state index in [1.165, 1.54) is 16.0 Å². The topological polar surface area (TPSA) is 26.0 Å². The fraction of sp³-hybridized carbons (Fsp3) is 0.455. The first kappa shape index (κ1) is 10.6. The Morgan fingerprint density at radius 3 is 2.62 bits per heavy atom. The molecule has 0 aliphatic rings. The number of hydrogen-bond acceptors (Lipinski definition) is 2. The second kappa shape index (κ2) is 4.68. The Balaban J connectivity index is 2.92. The molecule has 1 nitrogen and oxygen atoms in total. The molecule has 0 aliphatic heterocycles. The number of benzene rings is 1. The van der Waals surface area contributed by atoms with Gasteiger partial charge in [0.1, 0.15) is 0 Å². The Kier molecular flexibility index (Phi) is 3.82. The van der Waals surface area contributed by atoms with Crippen molar-refractivity contribution in [3.63, 3.8) is 0 Å². The highest BCUT2D eigenvalue weighted by Gasteiger charge is 2.03. The third kappa shape index (κ3) is 3.05. The van der Waals surface area contributed by atoms with Gasteiger partial charge < -0.3 is 5.73 Å². The number of nitrogens with two attached hydrogens (primary N) is 1. The van der Waals surface area contributed by atoms with Gasteiger partial charge in [0.05, 0.1) is 0 Å². The molecule has 0 saturated heterocycles. The van der Waals surface area contributed by atoms with E-state index >= 15 is 0 Å². The van der Waals surface area contributed by atoms with E-state index in [2.05, 4.69) is 39.0 Å². The lowest BCUT2D eigenvalue weighted by Gasteiger charge is -2.10. The van der Waals surface area contributed by atoms with E-state index in [4.69, 9.17) is 5.73 Å². The summed E-state index contributed by atoms with van der Waals surface area (Å²) in [6.07, 6.45) is 0. The Bertz CT molecular complexity index is 281. The zero-order valence-electron chi connectivity index (χ0n) is 8.50. The summed E-state index contributed by atoms with van der Waals surface area (Å²) in [5.74, 6) is 0. The molecule has 0 bridgehead atoms. The molecule has 72 valence electrons. The summed E-state index contributed by atoms with van der Waals surface area (Å²) < 4.78 is 0. The molecule has 0 heterocycles. The summed E-state index contributed by atoms with van der Waals surface area (Å²) in [4.78, 5) is 1.32. The maximum absolute atomic E-state index is 5.68. The van der Waals surface area contributed by atoms with Crippen LogP contribution in [0.1, 0.15) is 25.0 Å². The lowest BCUT2D eigenvalue weighted by atomic mass is 10.1. The first-order valence-electron chi connectivity index (χ1n) is 4.59. The van der Waals surface area contributed by atoms with Crippen molar-refractivity contribution in [1.29, 1.82) is 0 Å². The standard InChI is InChI=1S/C11H17NS/c1-8(2)13-11-5-4-9(3)6-10(11)7-12/h4-6,8H,7,12H2,1-3H3. The van der Waals surface area contributed by atoms with E-state index in [-0.39, 0.29) is 0 Å². The van der Waals surface area contributed by atoms with Gasteiger partial charge >= 0.3 is 0 Å². The molecular formula is C11H17NS. The van der Waals surface area contributed by atoms with Gasteiger partial charge in [-0.15, -0.1) is 11.8 Å². The zero-order valence-corrected chi connectivity index (χ0v) is 9.32. The van der Waals surface area contributed by atoms with E-state index in [1.54, 1.807) is 0 Å². The molecular weight excluding hydrogens is 178 g/mol. The van der Waals surface area contributed by atoms with Crippen molar-refractivity contribution in [2.24, 2.45) is 5.73 Å². The van der Waals surface area contributed by atoms with Gasteiger partial charge in [-0.05, 0) is 18.6 Å². The van der Waals surface area contributed by atoms with Crippen LogP contribution >= 0.6 is 11.8 Å². The highest BCUT2D eigenvalue weighted by atomic mass is 32.2. The fourth-order valence-electron chi connectivity index (χ4n) is 1.24. The quantitative estimate of drug-likeness (QED) is 0.750. The van der Waals surface area contributed by atoms with E-state index < -0.39 is 0 Å². The van der Waals surface area contributed by atoms with Crippen LogP contribution < -0.4 is 5.73 Å². The minimum atomic E-state index is 0.619. The lowest BCUT2D eigenvalue weighted by molar-refractivity contribution is 1.01. The SMILES string of the molecule is Cc1ccc(SC(C)C)c(CN)c1. The van der Waals surface area contributed by atoms with Crippen molar-refractivity contribution < 1.29 is 0 Å². The zero-order chi connectivity index (χ0) is 9.84. The number of rotatable bonds is 3. The number of aryl methyl sites for hydroxylation is 1. The average molecular weight is 195 g/mol. The van der Waals surface area contributed by atoms with E-state index in [1.807, 2.05) is 11.8 Å². The van der Waals surface area contributed by atoms with Gasteiger partial charge in [0, 0.05) is 16.7 Å². The fourth-order valence-corrected chi connectivity index (χ4v) is 2.18. The van der Waals surface area contributed by atoms with Crippen molar-refractivity contribution >= 4 is 11.8 Å². The second-order valence-corrected chi connectivity index (χ2v) is 5.10. The number of hydrogen-bond donors (Lipinski definition) is 1. The highest BCUT2D eigenvalue weighted by molar-refractivity contribution is 8.00. The summed E-state index contributed by atoms with van der Waals surface area (Å²) in [7, 11) is 0. The Morgan fingerprint density at radius 1 is 1.38 bits per heavy atom.